The van der Waals surface area contributed by atoms with E-state index in [1.165, 1.54) is 24.3 Å². The minimum Gasteiger partial charge on any atom is -0.478 e. The molecule has 1 N–H and O–H groups in total. The van der Waals surface area contributed by atoms with Crippen LogP contribution >= 0.6 is 15.9 Å². The molecule has 0 aromatic heterocycles. The van der Waals surface area contributed by atoms with Crippen molar-refractivity contribution < 1.29 is 23.4 Å². The molecular weight excluding hydrogens is 346 g/mol. The minimum absolute atomic E-state index is 0.131. The maximum atomic E-state index is 13.5. The summed E-state index contributed by atoms with van der Waals surface area (Å²) < 4.78 is 32.6. The van der Waals surface area contributed by atoms with Gasteiger partial charge in [0.25, 0.3) is 0 Å². The molecule has 0 aliphatic rings. The third kappa shape index (κ3) is 4.39. The number of rotatable bonds is 4. The Kier molecular flexibility index (Phi) is 4.70. The third-order valence-electron chi connectivity index (χ3n) is 2.43. The Balaban J connectivity index is 2.31. The Hall–Kier alpha value is -2.21. The number of carboxylic acids is 1. The molecular formula is C15H9BrF2O3. The van der Waals surface area contributed by atoms with Gasteiger partial charge in [0, 0.05) is 18.2 Å². The lowest BCUT2D eigenvalue weighted by atomic mass is 10.2. The van der Waals surface area contributed by atoms with Crippen molar-refractivity contribution in [2.75, 3.05) is 0 Å². The van der Waals surface area contributed by atoms with Crippen LogP contribution in [0.2, 0.25) is 0 Å². The number of carbonyl (C=O) groups is 1. The van der Waals surface area contributed by atoms with Gasteiger partial charge < -0.3 is 9.84 Å². The van der Waals surface area contributed by atoms with Crippen LogP contribution in [0.25, 0.3) is 6.08 Å². The van der Waals surface area contributed by atoms with Crippen molar-refractivity contribution in [2.24, 2.45) is 0 Å². The van der Waals surface area contributed by atoms with Crippen molar-refractivity contribution in [1.29, 1.82) is 0 Å². The Morgan fingerprint density at radius 3 is 2.62 bits per heavy atom. The average Bonchev–Trinajstić information content (AvgIpc) is 2.40. The van der Waals surface area contributed by atoms with Crippen molar-refractivity contribution in [2.45, 2.75) is 0 Å². The summed E-state index contributed by atoms with van der Waals surface area (Å²) in [4.78, 5) is 10.5. The molecule has 0 unspecified atom stereocenters. The fraction of sp³-hybridized carbons (Fsp3) is 0. The maximum Gasteiger partial charge on any atom is 0.328 e. The Morgan fingerprint density at radius 2 is 1.90 bits per heavy atom. The SMILES string of the molecule is O=C(O)/C=C/c1cc(F)cc(Oc2cc(F)ccc2Br)c1. The smallest absolute Gasteiger partial charge is 0.328 e. The van der Waals surface area contributed by atoms with Gasteiger partial charge in [0.1, 0.15) is 23.1 Å². The molecule has 0 radical (unpaired) electrons. The van der Waals surface area contributed by atoms with Gasteiger partial charge in [-0.3, -0.25) is 0 Å². The summed E-state index contributed by atoms with van der Waals surface area (Å²) in [7, 11) is 0. The van der Waals surface area contributed by atoms with Crippen LogP contribution in [0, 0.1) is 11.6 Å². The summed E-state index contributed by atoms with van der Waals surface area (Å²) in [5.41, 5.74) is 0.319. The van der Waals surface area contributed by atoms with Crippen molar-refractivity contribution in [3.63, 3.8) is 0 Å². The summed E-state index contributed by atoms with van der Waals surface area (Å²) >= 11 is 3.20. The first-order valence-corrected chi connectivity index (χ1v) is 6.58. The van der Waals surface area contributed by atoms with E-state index >= 15 is 0 Å². The van der Waals surface area contributed by atoms with Crippen LogP contribution in [-0.2, 0) is 4.79 Å². The lowest BCUT2D eigenvalue weighted by molar-refractivity contribution is -0.131. The van der Waals surface area contributed by atoms with E-state index in [1.807, 2.05) is 0 Å². The van der Waals surface area contributed by atoms with E-state index in [-0.39, 0.29) is 11.5 Å². The van der Waals surface area contributed by atoms with Gasteiger partial charge in [0.2, 0.25) is 0 Å². The highest BCUT2D eigenvalue weighted by atomic mass is 79.9. The summed E-state index contributed by atoms with van der Waals surface area (Å²) in [6.45, 7) is 0. The van der Waals surface area contributed by atoms with E-state index in [1.54, 1.807) is 0 Å². The fourth-order valence-corrected chi connectivity index (χ4v) is 1.92. The van der Waals surface area contributed by atoms with Gasteiger partial charge in [-0.1, -0.05) is 0 Å². The Labute approximate surface area is 127 Å². The van der Waals surface area contributed by atoms with Gasteiger partial charge in [-0.25, -0.2) is 13.6 Å². The topological polar surface area (TPSA) is 46.5 Å². The third-order valence-corrected chi connectivity index (χ3v) is 3.09. The zero-order chi connectivity index (χ0) is 15.4. The van der Waals surface area contributed by atoms with Gasteiger partial charge >= 0.3 is 5.97 Å². The van der Waals surface area contributed by atoms with E-state index in [0.29, 0.717) is 10.0 Å². The molecule has 6 heteroatoms. The second-order valence-electron chi connectivity index (χ2n) is 4.07. The number of hydrogen-bond donors (Lipinski definition) is 1. The summed E-state index contributed by atoms with van der Waals surface area (Å²) in [6.07, 6.45) is 2.12. The average molecular weight is 355 g/mol. The molecule has 108 valence electrons. The highest BCUT2D eigenvalue weighted by Gasteiger charge is 2.07. The minimum atomic E-state index is -1.14. The fourth-order valence-electron chi connectivity index (χ4n) is 1.59. The second kappa shape index (κ2) is 6.49. The quantitative estimate of drug-likeness (QED) is 0.815. The van der Waals surface area contributed by atoms with Crippen molar-refractivity contribution in [3.05, 3.63) is 64.1 Å². The van der Waals surface area contributed by atoms with Gasteiger partial charge in [-0.2, -0.15) is 0 Å². The summed E-state index contributed by atoms with van der Waals surface area (Å²) in [5, 5.41) is 8.56. The number of aliphatic carboxylic acids is 1. The van der Waals surface area contributed by atoms with Crippen LogP contribution in [0.1, 0.15) is 5.56 Å². The standard InChI is InChI=1S/C15H9BrF2O3/c16-13-3-2-10(17)8-14(13)21-12-6-9(1-4-15(19)20)5-11(18)7-12/h1-8H,(H,19,20)/b4-1+. The van der Waals surface area contributed by atoms with Crippen LogP contribution in [0.5, 0.6) is 11.5 Å². The Bertz CT molecular complexity index is 714. The summed E-state index contributed by atoms with van der Waals surface area (Å²) in [5.74, 6) is -1.91. The van der Waals surface area contributed by atoms with E-state index in [0.717, 1.165) is 24.3 Å². The molecule has 0 aliphatic heterocycles. The molecule has 3 nitrogen and oxygen atoms in total. The van der Waals surface area contributed by atoms with Gasteiger partial charge in [0.15, 0.2) is 0 Å². The highest BCUT2D eigenvalue weighted by Crippen LogP contribution is 2.31. The van der Waals surface area contributed by atoms with Crippen LogP contribution in [0.3, 0.4) is 0 Å². The van der Waals surface area contributed by atoms with Crippen LogP contribution in [0.15, 0.2) is 46.9 Å². The molecule has 2 aromatic carbocycles. The second-order valence-corrected chi connectivity index (χ2v) is 4.92. The molecule has 2 rings (SSSR count). The molecule has 0 bridgehead atoms. The first-order chi connectivity index (χ1) is 9.94. The molecule has 0 amide bonds. The molecule has 0 saturated heterocycles. The molecule has 0 saturated carbocycles. The molecule has 0 aliphatic carbocycles. The molecule has 21 heavy (non-hydrogen) atoms. The number of ether oxygens (including phenoxy) is 1. The van der Waals surface area contributed by atoms with Gasteiger partial charge in [-0.15, -0.1) is 0 Å². The van der Waals surface area contributed by atoms with E-state index in [2.05, 4.69) is 15.9 Å². The number of benzene rings is 2. The van der Waals surface area contributed by atoms with E-state index < -0.39 is 17.6 Å². The Morgan fingerprint density at radius 1 is 1.14 bits per heavy atom. The first-order valence-electron chi connectivity index (χ1n) is 5.78. The molecule has 0 heterocycles. The van der Waals surface area contributed by atoms with Crippen molar-refractivity contribution in [1.82, 2.24) is 0 Å². The van der Waals surface area contributed by atoms with Gasteiger partial charge in [0.05, 0.1) is 4.47 Å². The number of carboxylic acid groups (broad SMARTS) is 1. The van der Waals surface area contributed by atoms with Crippen LogP contribution < -0.4 is 4.74 Å². The van der Waals surface area contributed by atoms with Crippen LogP contribution in [0.4, 0.5) is 8.78 Å². The highest BCUT2D eigenvalue weighted by molar-refractivity contribution is 9.10. The van der Waals surface area contributed by atoms with Crippen molar-refractivity contribution >= 4 is 28.0 Å². The first kappa shape index (κ1) is 15.2. The van der Waals surface area contributed by atoms with E-state index in [4.69, 9.17) is 9.84 Å². The maximum absolute atomic E-state index is 13.5. The zero-order valence-electron chi connectivity index (χ0n) is 10.5. The largest absolute Gasteiger partial charge is 0.478 e. The normalized spacial score (nSPS) is 10.8. The van der Waals surface area contributed by atoms with E-state index in [9.17, 15) is 13.6 Å². The number of hydrogen-bond acceptors (Lipinski definition) is 2. The summed E-state index contributed by atoms with van der Waals surface area (Å²) in [6, 6.07) is 7.60. The predicted octanol–water partition coefficient (Wildman–Crippen LogP) is 4.62. The molecule has 0 spiro atoms. The van der Waals surface area contributed by atoms with Gasteiger partial charge in [-0.05, 0) is 51.8 Å². The zero-order valence-corrected chi connectivity index (χ0v) is 12.1. The lowest BCUT2D eigenvalue weighted by Gasteiger charge is -2.09. The molecule has 2 aromatic rings. The molecule has 0 fully saturated rings. The van der Waals surface area contributed by atoms with Crippen LogP contribution in [-0.4, -0.2) is 11.1 Å². The lowest BCUT2D eigenvalue weighted by Crippen LogP contribution is -1.90. The molecule has 0 atom stereocenters. The monoisotopic (exact) mass is 354 g/mol. The predicted molar refractivity (Wildman–Crippen MR) is 77.2 cm³/mol. The number of halogens is 3. The van der Waals surface area contributed by atoms with Crippen molar-refractivity contribution in [3.8, 4) is 11.5 Å².